The standard InChI is InChI=1S/C20H24ClN5O2/c1-12-2-3-13(4-16(12)21)18(5-19(22)27)25-7-14-9-26(10-15(14)8-25)20(28)17-6-23-11-24-17/h2-4,6,11,14-15,18H,5,7-10H2,1H3,(H2,22,27)(H,23,24). The number of benzene rings is 1. The second-order valence-electron chi connectivity index (χ2n) is 7.84. The van der Waals surface area contributed by atoms with E-state index >= 15 is 0 Å². The zero-order chi connectivity index (χ0) is 19.8. The van der Waals surface area contributed by atoms with Crippen LogP contribution in [0.3, 0.4) is 0 Å². The fraction of sp³-hybridized carbons (Fsp3) is 0.450. The molecular weight excluding hydrogens is 378 g/mol. The van der Waals surface area contributed by atoms with E-state index in [1.807, 2.05) is 30.0 Å². The van der Waals surface area contributed by atoms with Crippen molar-refractivity contribution in [1.29, 1.82) is 0 Å². The number of imidazole rings is 1. The van der Waals surface area contributed by atoms with Gasteiger partial charge < -0.3 is 15.6 Å². The molecule has 0 radical (unpaired) electrons. The fourth-order valence-corrected chi connectivity index (χ4v) is 4.65. The van der Waals surface area contributed by atoms with Crippen LogP contribution >= 0.6 is 11.6 Å². The lowest BCUT2D eigenvalue weighted by atomic mass is 10.0. The van der Waals surface area contributed by atoms with Crippen molar-refractivity contribution in [1.82, 2.24) is 19.8 Å². The zero-order valence-corrected chi connectivity index (χ0v) is 16.5. The van der Waals surface area contributed by atoms with Crippen molar-refractivity contribution in [2.24, 2.45) is 17.6 Å². The summed E-state index contributed by atoms with van der Waals surface area (Å²) in [5.41, 5.74) is 8.09. The number of nitrogens with two attached hydrogens (primary N) is 1. The van der Waals surface area contributed by atoms with Crippen molar-refractivity contribution in [3.8, 4) is 0 Å². The minimum atomic E-state index is -0.324. The van der Waals surface area contributed by atoms with E-state index in [4.69, 9.17) is 17.3 Å². The molecule has 7 nitrogen and oxygen atoms in total. The van der Waals surface area contributed by atoms with Crippen LogP contribution in [0.5, 0.6) is 0 Å². The van der Waals surface area contributed by atoms with E-state index in [0.29, 0.717) is 22.6 Å². The molecule has 3 atom stereocenters. The number of amides is 2. The number of carbonyl (C=O) groups excluding carboxylic acids is 2. The third-order valence-electron chi connectivity index (χ3n) is 5.95. The Labute approximate surface area is 168 Å². The number of likely N-dealkylation sites (tertiary alicyclic amines) is 2. The highest BCUT2D eigenvalue weighted by atomic mass is 35.5. The third-order valence-corrected chi connectivity index (χ3v) is 6.35. The second kappa shape index (κ2) is 7.56. The van der Waals surface area contributed by atoms with Crippen LogP contribution in [-0.2, 0) is 4.79 Å². The number of primary amides is 1. The average Bonchev–Trinajstić information content (AvgIpc) is 3.37. The van der Waals surface area contributed by atoms with Gasteiger partial charge in [0.2, 0.25) is 5.91 Å². The summed E-state index contributed by atoms with van der Waals surface area (Å²) >= 11 is 6.31. The van der Waals surface area contributed by atoms with E-state index in [-0.39, 0.29) is 24.3 Å². The van der Waals surface area contributed by atoms with Gasteiger partial charge in [-0.05, 0) is 36.0 Å². The van der Waals surface area contributed by atoms with E-state index in [2.05, 4.69) is 14.9 Å². The number of aromatic nitrogens is 2. The molecule has 2 aliphatic rings. The number of aryl methyl sites for hydroxylation is 1. The van der Waals surface area contributed by atoms with E-state index < -0.39 is 0 Å². The number of H-pyrrole nitrogens is 1. The van der Waals surface area contributed by atoms with Gasteiger partial charge >= 0.3 is 0 Å². The topological polar surface area (TPSA) is 95.3 Å². The summed E-state index contributed by atoms with van der Waals surface area (Å²) in [6.45, 7) is 5.07. The van der Waals surface area contributed by atoms with Crippen LogP contribution in [0.4, 0.5) is 0 Å². The second-order valence-corrected chi connectivity index (χ2v) is 8.25. The summed E-state index contributed by atoms with van der Waals surface area (Å²) in [5, 5.41) is 0.697. The molecule has 2 fully saturated rings. The van der Waals surface area contributed by atoms with E-state index in [0.717, 1.165) is 37.3 Å². The van der Waals surface area contributed by atoms with Crippen LogP contribution in [0.15, 0.2) is 30.7 Å². The highest BCUT2D eigenvalue weighted by Crippen LogP contribution is 2.38. The minimum absolute atomic E-state index is 0.00236. The molecule has 148 valence electrons. The smallest absolute Gasteiger partial charge is 0.271 e. The summed E-state index contributed by atoms with van der Waals surface area (Å²) in [6, 6.07) is 5.86. The highest BCUT2D eigenvalue weighted by Gasteiger charge is 2.44. The Kier molecular flexibility index (Phi) is 5.12. The first-order valence-electron chi connectivity index (χ1n) is 9.48. The predicted molar refractivity (Wildman–Crippen MR) is 106 cm³/mol. The van der Waals surface area contributed by atoms with E-state index in [1.165, 1.54) is 6.33 Å². The molecule has 28 heavy (non-hydrogen) atoms. The Morgan fingerprint density at radius 2 is 2.00 bits per heavy atom. The van der Waals surface area contributed by atoms with Crippen molar-refractivity contribution in [2.75, 3.05) is 26.2 Å². The summed E-state index contributed by atoms with van der Waals surface area (Å²) in [7, 11) is 0. The quantitative estimate of drug-likeness (QED) is 0.800. The van der Waals surface area contributed by atoms with Crippen LogP contribution in [0.25, 0.3) is 0 Å². The maximum absolute atomic E-state index is 12.6. The van der Waals surface area contributed by atoms with Gasteiger partial charge in [0.15, 0.2) is 0 Å². The van der Waals surface area contributed by atoms with Gasteiger partial charge in [0.05, 0.1) is 12.5 Å². The van der Waals surface area contributed by atoms with Crippen LogP contribution < -0.4 is 5.73 Å². The van der Waals surface area contributed by atoms with Crippen molar-refractivity contribution in [3.05, 3.63) is 52.6 Å². The summed E-state index contributed by atoms with van der Waals surface area (Å²) in [4.78, 5) is 35.3. The summed E-state index contributed by atoms with van der Waals surface area (Å²) in [6.07, 6.45) is 3.34. The molecule has 1 aromatic heterocycles. The molecule has 8 heteroatoms. The normalized spacial score (nSPS) is 23.0. The average molecular weight is 402 g/mol. The molecule has 3 heterocycles. The fourth-order valence-electron chi connectivity index (χ4n) is 4.46. The van der Waals surface area contributed by atoms with Gasteiger partial charge in [-0.15, -0.1) is 0 Å². The molecule has 3 unspecified atom stereocenters. The zero-order valence-electron chi connectivity index (χ0n) is 15.8. The van der Waals surface area contributed by atoms with Gasteiger partial charge in [-0.2, -0.15) is 0 Å². The number of hydrogen-bond acceptors (Lipinski definition) is 4. The molecule has 1 aromatic carbocycles. The molecule has 0 bridgehead atoms. The Balaban J connectivity index is 1.47. The number of fused-ring (bicyclic) bond motifs is 1. The molecule has 2 saturated heterocycles. The molecular formula is C20H24ClN5O2. The van der Waals surface area contributed by atoms with Gasteiger partial charge in [-0.25, -0.2) is 4.98 Å². The SMILES string of the molecule is Cc1ccc(C(CC(N)=O)N2CC3CN(C(=O)c4cnc[nH]4)CC3C2)cc1Cl. The summed E-state index contributed by atoms with van der Waals surface area (Å²) in [5.74, 6) is 0.457. The number of rotatable bonds is 5. The minimum Gasteiger partial charge on any atom is -0.370 e. The molecule has 2 amide bonds. The molecule has 3 N–H and O–H groups in total. The molecule has 2 aromatic rings. The number of hydrogen-bond donors (Lipinski definition) is 2. The molecule has 2 aliphatic heterocycles. The van der Waals surface area contributed by atoms with Crippen molar-refractivity contribution in [3.63, 3.8) is 0 Å². The number of nitrogens with one attached hydrogen (secondary N) is 1. The number of nitrogens with zero attached hydrogens (tertiary/aromatic N) is 3. The first-order chi connectivity index (χ1) is 13.4. The largest absolute Gasteiger partial charge is 0.370 e. The van der Waals surface area contributed by atoms with E-state index in [1.54, 1.807) is 6.20 Å². The lowest BCUT2D eigenvalue weighted by Crippen LogP contribution is -2.36. The van der Waals surface area contributed by atoms with Gasteiger partial charge in [-0.3, -0.25) is 14.5 Å². The van der Waals surface area contributed by atoms with Crippen LogP contribution in [0.2, 0.25) is 5.02 Å². The number of aromatic amines is 1. The van der Waals surface area contributed by atoms with Gasteiger partial charge in [0, 0.05) is 43.7 Å². The third kappa shape index (κ3) is 3.64. The molecule has 0 saturated carbocycles. The van der Waals surface area contributed by atoms with Gasteiger partial charge in [-0.1, -0.05) is 23.7 Å². The van der Waals surface area contributed by atoms with Crippen molar-refractivity contribution < 1.29 is 9.59 Å². The van der Waals surface area contributed by atoms with E-state index in [9.17, 15) is 9.59 Å². The molecule has 4 rings (SSSR count). The number of halogens is 1. The first-order valence-corrected chi connectivity index (χ1v) is 9.86. The molecule has 0 spiro atoms. The predicted octanol–water partition coefficient (Wildman–Crippen LogP) is 1.99. The van der Waals surface area contributed by atoms with Crippen molar-refractivity contribution >= 4 is 23.4 Å². The Bertz CT molecular complexity index is 871. The number of carbonyl (C=O) groups is 2. The maximum Gasteiger partial charge on any atom is 0.271 e. The van der Waals surface area contributed by atoms with Gasteiger partial charge in [0.1, 0.15) is 5.69 Å². The Morgan fingerprint density at radius 3 is 2.57 bits per heavy atom. The van der Waals surface area contributed by atoms with Crippen molar-refractivity contribution in [2.45, 2.75) is 19.4 Å². The Hall–Kier alpha value is -2.38. The monoisotopic (exact) mass is 401 g/mol. The highest BCUT2D eigenvalue weighted by molar-refractivity contribution is 6.31. The molecule has 0 aliphatic carbocycles. The first kappa shape index (κ1) is 19.0. The van der Waals surface area contributed by atoms with Crippen LogP contribution in [-0.4, -0.2) is 57.8 Å². The van der Waals surface area contributed by atoms with Gasteiger partial charge in [0.25, 0.3) is 5.91 Å². The van der Waals surface area contributed by atoms with Crippen LogP contribution in [0, 0.1) is 18.8 Å². The van der Waals surface area contributed by atoms with Crippen LogP contribution in [0.1, 0.15) is 34.1 Å². The lowest BCUT2D eigenvalue weighted by Gasteiger charge is -2.29. The lowest BCUT2D eigenvalue weighted by molar-refractivity contribution is -0.119. The Morgan fingerprint density at radius 1 is 1.29 bits per heavy atom. The summed E-state index contributed by atoms with van der Waals surface area (Å²) < 4.78 is 0. The maximum atomic E-state index is 12.6.